The smallest absolute Gasteiger partial charge is 0.243 e. The molecule has 1 saturated carbocycles. The monoisotopic (exact) mass is 423 g/mol. The first kappa shape index (κ1) is 23.3. The standard InChI is InChI=1S/C22H41N5O3/c1-4-27-13-9-10-18(27)14-23-21(25-16-20(28)26(2)3)24-15-19-17-29-22(30-19)11-7-5-6-8-12-22/h18-19H,4-17H2,1-3H3,(H2,23,24,25). The van der Waals surface area contributed by atoms with E-state index in [0.717, 1.165) is 32.5 Å². The Hall–Kier alpha value is -1.38. The lowest BCUT2D eigenvalue weighted by Crippen LogP contribution is -2.47. The normalized spacial score (nSPS) is 27.2. The van der Waals surface area contributed by atoms with Crippen molar-refractivity contribution < 1.29 is 14.3 Å². The van der Waals surface area contributed by atoms with Crippen LogP contribution in [0.3, 0.4) is 0 Å². The average molecular weight is 424 g/mol. The van der Waals surface area contributed by atoms with Crippen molar-refractivity contribution in [1.29, 1.82) is 0 Å². The molecule has 2 aliphatic heterocycles. The largest absolute Gasteiger partial charge is 0.355 e. The number of likely N-dealkylation sites (tertiary alicyclic amines) is 1. The highest BCUT2D eigenvalue weighted by molar-refractivity contribution is 5.84. The first-order valence-electron chi connectivity index (χ1n) is 11.8. The van der Waals surface area contributed by atoms with Crippen LogP contribution >= 0.6 is 0 Å². The molecule has 172 valence electrons. The van der Waals surface area contributed by atoms with Gasteiger partial charge in [0.05, 0.1) is 6.61 Å². The predicted molar refractivity (Wildman–Crippen MR) is 119 cm³/mol. The minimum absolute atomic E-state index is 0.00925. The van der Waals surface area contributed by atoms with Gasteiger partial charge in [-0.1, -0.05) is 19.8 Å². The van der Waals surface area contributed by atoms with Gasteiger partial charge in [0.2, 0.25) is 5.91 Å². The Balaban J connectivity index is 1.52. The summed E-state index contributed by atoms with van der Waals surface area (Å²) in [6.45, 7) is 6.66. The van der Waals surface area contributed by atoms with E-state index in [1.165, 1.54) is 38.5 Å². The Labute approximate surface area is 181 Å². The van der Waals surface area contributed by atoms with Crippen LogP contribution in [-0.4, -0.2) is 93.0 Å². The van der Waals surface area contributed by atoms with Crippen molar-refractivity contribution in [2.24, 2.45) is 4.99 Å². The van der Waals surface area contributed by atoms with Gasteiger partial charge in [0.1, 0.15) is 12.6 Å². The van der Waals surface area contributed by atoms with Gasteiger partial charge in [-0.25, -0.2) is 4.99 Å². The number of guanidine groups is 1. The van der Waals surface area contributed by atoms with Crippen molar-refractivity contribution in [2.75, 3.05) is 53.4 Å². The predicted octanol–water partition coefficient (Wildman–Crippen LogP) is 1.56. The molecule has 1 spiro atoms. The molecular weight excluding hydrogens is 382 g/mol. The van der Waals surface area contributed by atoms with Crippen LogP contribution in [0, 0.1) is 0 Å². The van der Waals surface area contributed by atoms with Gasteiger partial charge in [-0.05, 0) is 38.8 Å². The molecule has 1 amide bonds. The van der Waals surface area contributed by atoms with E-state index in [0.29, 0.717) is 25.2 Å². The molecule has 30 heavy (non-hydrogen) atoms. The second-order valence-corrected chi connectivity index (χ2v) is 9.02. The Morgan fingerprint density at radius 3 is 2.57 bits per heavy atom. The van der Waals surface area contributed by atoms with E-state index in [2.05, 4.69) is 27.4 Å². The number of nitrogens with zero attached hydrogens (tertiary/aromatic N) is 3. The number of likely N-dealkylation sites (N-methyl/N-ethyl adjacent to an activating group) is 2. The molecule has 3 fully saturated rings. The van der Waals surface area contributed by atoms with Crippen molar-refractivity contribution >= 4 is 11.9 Å². The van der Waals surface area contributed by atoms with Crippen molar-refractivity contribution in [2.45, 2.75) is 76.2 Å². The second-order valence-electron chi connectivity index (χ2n) is 9.02. The molecule has 1 aliphatic carbocycles. The molecule has 2 atom stereocenters. The van der Waals surface area contributed by atoms with Crippen molar-refractivity contribution in [3.8, 4) is 0 Å². The van der Waals surface area contributed by atoms with Crippen LogP contribution in [0.25, 0.3) is 0 Å². The van der Waals surface area contributed by atoms with Crippen LogP contribution in [0.1, 0.15) is 58.3 Å². The van der Waals surface area contributed by atoms with E-state index in [-0.39, 0.29) is 24.3 Å². The van der Waals surface area contributed by atoms with Crippen LogP contribution in [0.2, 0.25) is 0 Å². The minimum Gasteiger partial charge on any atom is -0.355 e. The number of rotatable bonds is 7. The first-order valence-corrected chi connectivity index (χ1v) is 11.8. The molecule has 2 N–H and O–H groups in total. The Morgan fingerprint density at radius 1 is 1.13 bits per heavy atom. The van der Waals surface area contributed by atoms with Crippen molar-refractivity contribution in [3.63, 3.8) is 0 Å². The SMILES string of the molecule is CCN1CCCC1CNC(=NCC(=O)N(C)C)NCC1COC2(CCCCCC2)O1. The van der Waals surface area contributed by atoms with E-state index in [1.807, 2.05) is 0 Å². The quantitative estimate of drug-likeness (QED) is 0.478. The number of carbonyl (C=O) groups is 1. The molecule has 2 saturated heterocycles. The molecule has 2 heterocycles. The van der Waals surface area contributed by atoms with Crippen LogP contribution in [0.15, 0.2) is 4.99 Å². The zero-order chi connectivity index (χ0) is 21.4. The number of hydrogen-bond acceptors (Lipinski definition) is 5. The average Bonchev–Trinajstić information content (AvgIpc) is 3.29. The molecule has 0 aromatic heterocycles. The molecule has 3 aliphatic rings. The van der Waals surface area contributed by atoms with E-state index >= 15 is 0 Å². The molecule has 0 aromatic rings. The Kier molecular flexibility index (Phi) is 8.77. The van der Waals surface area contributed by atoms with Gasteiger partial charge in [0.25, 0.3) is 0 Å². The van der Waals surface area contributed by atoms with Gasteiger partial charge in [-0.3, -0.25) is 9.69 Å². The summed E-state index contributed by atoms with van der Waals surface area (Å²) in [5, 5.41) is 6.85. The number of ether oxygens (including phenoxy) is 2. The number of aliphatic imine (C=N–C) groups is 1. The third kappa shape index (κ3) is 6.56. The first-order chi connectivity index (χ1) is 14.5. The third-order valence-corrected chi connectivity index (χ3v) is 6.56. The third-order valence-electron chi connectivity index (χ3n) is 6.56. The zero-order valence-electron chi connectivity index (χ0n) is 19.1. The van der Waals surface area contributed by atoms with E-state index in [1.54, 1.807) is 19.0 Å². The van der Waals surface area contributed by atoms with Gasteiger partial charge in [0, 0.05) is 46.1 Å². The summed E-state index contributed by atoms with van der Waals surface area (Å²) < 4.78 is 12.5. The maximum Gasteiger partial charge on any atom is 0.243 e. The van der Waals surface area contributed by atoms with Crippen LogP contribution < -0.4 is 10.6 Å². The lowest BCUT2D eigenvalue weighted by molar-refractivity contribution is -0.175. The molecule has 0 radical (unpaired) electrons. The van der Waals surface area contributed by atoms with Crippen LogP contribution in [0.4, 0.5) is 0 Å². The Morgan fingerprint density at radius 2 is 1.87 bits per heavy atom. The molecule has 0 bridgehead atoms. The van der Waals surface area contributed by atoms with Crippen molar-refractivity contribution in [3.05, 3.63) is 0 Å². The highest BCUT2D eigenvalue weighted by Gasteiger charge is 2.41. The fourth-order valence-electron chi connectivity index (χ4n) is 4.68. The Bertz CT molecular complexity index is 575. The summed E-state index contributed by atoms with van der Waals surface area (Å²) in [4.78, 5) is 20.6. The van der Waals surface area contributed by atoms with E-state index < -0.39 is 0 Å². The number of hydrogen-bond donors (Lipinski definition) is 2. The molecule has 8 heteroatoms. The summed E-state index contributed by atoms with van der Waals surface area (Å²) in [6.07, 6.45) is 9.34. The number of amides is 1. The molecule has 8 nitrogen and oxygen atoms in total. The molecule has 0 aromatic carbocycles. The maximum absolute atomic E-state index is 12.0. The molecular formula is C22H41N5O3. The van der Waals surface area contributed by atoms with Gasteiger partial charge < -0.3 is 25.0 Å². The van der Waals surface area contributed by atoms with E-state index in [9.17, 15) is 4.79 Å². The van der Waals surface area contributed by atoms with Crippen LogP contribution in [-0.2, 0) is 14.3 Å². The van der Waals surface area contributed by atoms with Gasteiger partial charge in [-0.2, -0.15) is 0 Å². The summed E-state index contributed by atoms with van der Waals surface area (Å²) in [5.41, 5.74) is 0. The van der Waals surface area contributed by atoms with Gasteiger partial charge >= 0.3 is 0 Å². The summed E-state index contributed by atoms with van der Waals surface area (Å²) in [5.74, 6) is 0.295. The van der Waals surface area contributed by atoms with Gasteiger partial charge in [-0.15, -0.1) is 0 Å². The van der Waals surface area contributed by atoms with Crippen molar-refractivity contribution in [1.82, 2.24) is 20.4 Å². The fourth-order valence-corrected chi connectivity index (χ4v) is 4.68. The maximum atomic E-state index is 12.0. The van der Waals surface area contributed by atoms with E-state index in [4.69, 9.17) is 9.47 Å². The number of carbonyl (C=O) groups excluding carboxylic acids is 1. The summed E-state index contributed by atoms with van der Waals surface area (Å²) in [6, 6.07) is 0.520. The second kappa shape index (κ2) is 11.3. The van der Waals surface area contributed by atoms with Crippen LogP contribution in [0.5, 0.6) is 0 Å². The highest BCUT2D eigenvalue weighted by atomic mass is 16.7. The summed E-state index contributed by atoms with van der Waals surface area (Å²) in [7, 11) is 3.51. The fraction of sp³-hybridized carbons (Fsp3) is 0.909. The lowest BCUT2D eigenvalue weighted by atomic mass is 10.1. The summed E-state index contributed by atoms with van der Waals surface area (Å²) >= 11 is 0. The zero-order valence-corrected chi connectivity index (χ0v) is 19.1. The minimum atomic E-state index is -0.375. The topological polar surface area (TPSA) is 78.4 Å². The molecule has 3 rings (SSSR count). The number of nitrogens with one attached hydrogen (secondary N) is 2. The highest BCUT2D eigenvalue weighted by Crippen LogP contribution is 2.36. The van der Waals surface area contributed by atoms with Gasteiger partial charge in [0.15, 0.2) is 11.7 Å². The molecule has 2 unspecified atom stereocenters. The lowest BCUT2D eigenvalue weighted by Gasteiger charge is -2.27.